The van der Waals surface area contributed by atoms with Gasteiger partial charge in [-0.15, -0.1) is 0 Å². The summed E-state index contributed by atoms with van der Waals surface area (Å²) in [6, 6.07) is 0.408. The normalized spacial score (nSPS) is 15.2. The van der Waals surface area contributed by atoms with E-state index < -0.39 is 5.60 Å². The van der Waals surface area contributed by atoms with Crippen LogP contribution < -0.4 is 10.6 Å². The van der Waals surface area contributed by atoms with Gasteiger partial charge in [0.15, 0.2) is 0 Å². The first-order chi connectivity index (χ1) is 10.5. The summed E-state index contributed by atoms with van der Waals surface area (Å²) in [5.41, 5.74) is -0.817. The predicted molar refractivity (Wildman–Crippen MR) is 91.3 cm³/mol. The van der Waals surface area contributed by atoms with E-state index in [1.54, 1.807) is 4.90 Å². The van der Waals surface area contributed by atoms with Crippen LogP contribution in [0.25, 0.3) is 0 Å². The van der Waals surface area contributed by atoms with Gasteiger partial charge in [-0.3, -0.25) is 4.79 Å². The van der Waals surface area contributed by atoms with Crippen LogP contribution in [0.1, 0.15) is 60.8 Å². The van der Waals surface area contributed by atoms with E-state index in [-0.39, 0.29) is 17.5 Å². The fourth-order valence-electron chi connectivity index (χ4n) is 2.06. The summed E-state index contributed by atoms with van der Waals surface area (Å²) in [4.78, 5) is 25.6. The van der Waals surface area contributed by atoms with Crippen LogP contribution in [0.2, 0.25) is 0 Å². The third kappa shape index (κ3) is 8.79. The molecule has 0 bridgehead atoms. The molecule has 1 saturated carbocycles. The van der Waals surface area contributed by atoms with Crippen molar-refractivity contribution in [3.8, 4) is 0 Å². The Kier molecular flexibility index (Phi) is 6.86. The maximum Gasteiger partial charge on any atom is 0.410 e. The van der Waals surface area contributed by atoms with Crippen molar-refractivity contribution in [2.45, 2.75) is 78.0 Å². The van der Waals surface area contributed by atoms with E-state index in [9.17, 15) is 9.59 Å². The Morgan fingerprint density at radius 2 is 1.70 bits per heavy atom. The number of nitrogens with one attached hydrogen (secondary N) is 2. The molecule has 2 amide bonds. The zero-order valence-electron chi connectivity index (χ0n) is 15.5. The van der Waals surface area contributed by atoms with Crippen molar-refractivity contribution in [1.82, 2.24) is 15.5 Å². The molecule has 0 spiro atoms. The van der Waals surface area contributed by atoms with E-state index in [1.165, 1.54) is 0 Å². The lowest BCUT2D eigenvalue weighted by atomic mass is 10.1. The van der Waals surface area contributed by atoms with Crippen molar-refractivity contribution in [3.05, 3.63) is 0 Å². The van der Waals surface area contributed by atoms with E-state index >= 15 is 0 Å². The topological polar surface area (TPSA) is 70.7 Å². The number of hydrogen-bond acceptors (Lipinski definition) is 4. The van der Waals surface area contributed by atoms with Crippen LogP contribution in [0.4, 0.5) is 4.79 Å². The van der Waals surface area contributed by atoms with Crippen molar-refractivity contribution < 1.29 is 14.3 Å². The maximum atomic E-state index is 12.3. The van der Waals surface area contributed by atoms with Gasteiger partial charge in [-0.1, -0.05) is 0 Å². The van der Waals surface area contributed by atoms with Crippen LogP contribution in [0.15, 0.2) is 0 Å². The van der Waals surface area contributed by atoms with Gasteiger partial charge in [0.1, 0.15) is 5.60 Å². The van der Waals surface area contributed by atoms with E-state index in [2.05, 4.69) is 10.6 Å². The molecule has 6 nitrogen and oxygen atoms in total. The quantitative estimate of drug-likeness (QED) is 0.704. The third-order valence-electron chi connectivity index (χ3n) is 3.41. The van der Waals surface area contributed by atoms with Crippen molar-refractivity contribution in [2.24, 2.45) is 0 Å². The average molecular weight is 327 g/mol. The van der Waals surface area contributed by atoms with Gasteiger partial charge in [0, 0.05) is 37.6 Å². The van der Waals surface area contributed by atoms with Gasteiger partial charge in [-0.05, 0) is 54.4 Å². The fourth-order valence-corrected chi connectivity index (χ4v) is 2.06. The monoisotopic (exact) mass is 327 g/mol. The highest BCUT2D eigenvalue weighted by molar-refractivity contribution is 5.76. The summed E-state index contributed by atoms with van der Waals surface area (Å²) in [5, 5.41) is 6.18. The molecular formula is C17H33N3O3. The number of nitrogens with zero attached hydrogens (tertiary/aromatic N) is 1. The largest absolute Gasteiger partial charge is 0.444 e. The minimum atomic E-state index is -0.505. The number of amides is 2. The van der Waals surface area contributed by atoms with E-state index in [4.69, 9.17) is 4.74 Å². The summed E-state index contributed by atoms with van der Waals surface area (Å²) in [6.45, 7) is 13.3. The second-order valence-electron chi connectivity index (χ2n) is 8.14. The first-order valence-corrected chi connectivity index (χ1v) is 8.50. The molecule has 0 aromatic heterocycles. The number of ether oxygens (including phenoxy) is 1. The SMILES string of the molecule is CC(C)(C)OC(=O)N(CCNCCC(=O)NC1CC1)C(C)(C)C. The lowest BCUT2D eigenvalue weighted by Gasteiger charge is -2.36. The number of carbonyl (C=O) groups is 2. The standard InChI is InChI=1S/C17H33N3O3/c1-16(2,3)20(15(22)23-17(4,5)6)12-11-18-10-9-14(21)19-13-7-8-13/h13,18H,7-12H2,1-6H3,(H,19,21). The van der Waals surface area contributed by atoms with Crippen LogP contribution in [-0.4, -0.2) is 53.7 Å². The van der Waals surface area contributed by atoms with Gasteiger partial charge < -0.3 is 20.3 Å². The van der Waals surface area contributed by atoms with Crippen molar-refractivity contribution in [2.75, 3.05) is 19.6 Å². The van der Waals surface area contributed by atoms with E-state index in [0.717, 1.165) is 12.8 Å². The molecule has 1 aliphatic rings. The van der Waals surface area contributed by atoms with E-state index in [1.807, 2.05) is 41.5 Å². The Morgan fingerprint density at radius 3 is 2.17 bits per heavy atom. The number of hydrogen-bond donors (Lipinski definition) is 2. The van der Waals surface area contributed by atoms with Gasteiger partial charge in [0.05, 0.1) is 0 Å². The first kappa shape index (κ1) is 19.7. The summed E-state index contributed by atoms with van der Waals surface area (Å²) < 4.78 is 5.47. The summed E-state index contributed by atoms with van der Waals surface area (Å²) in [6.07, 6.45) is 2.38. The molecule has 0 aliphatic heterocycles. The number of rotatable bonds is 7. The average Bonchev–Trinajstić information content (AvgIpc) is 3.13. The summed E-state index contributed by atoms with van der Waals surface area (Å²) in [5.74, 6) is 0.0971. The van der Waals surface area contributed by atoms with Crippen molar-refractivity contribution in [1.29, 1.82) is 0 Å². The molecule has 0 heterocycles. The molecule has 134 valence electrons. The molecule has 0 aromatic carbocycles. The minimum absolute atomic E-state index is 0.0971. The third-order valence-corrected chi connectivity index (χ3v) is 3.41. The van der Waals surface area contributed by atoms with Crippen LogP contribution in [-0.2, 0) is 9.53 Å². The van der Waals surface area contributed by atoms with Crippen LogP contribution in [0.3, 0.4) is 0 Å². The minimum Gasteiger partial charge on any atom is -0.444 e. The van der Waals surface area contributed by atoms with Gasteiger partial charge in [-0.2, -0.15) is 0 Å². The predicted octanol–water partition coefficient (Wildman–Crippen LogP) is 2.28. The smallest absolute Gasteiger partial charge is 0.410 e. The zero-order chi connectivity index (χ0) is 17.7. The molecule has 1 rings (SSSR count). The van der Waals surface area contributed by atoms with Gasteiger partial charge in [0.2, 0.25) is 5.91 Å². The molecule has 1 fully saturated rings. The second kappa shape index (κ2) is 7.99. The maximum absolute atomic E-state index is 12.3. The van der Waals surface area contributed by atoms with Crippen LogP contribution in [0.5, 0.6) is 0 Å². The van der Waals surface area contributed by atoms with Gasteiger partial charge in [-0.25, -0.2) is 4.79 Å². The molecule has 1 aliphatic carbocycles. The lowest BCUT2D eigenvalue weighted by molar-refractivity contribution is -0.121. The summed E-state index contributed by atoms with van der Waals surface area (Å²) in [7, 11) is 0. The highest BCUT2D eigenvalue weighted by Crippen LogP contribution is 2.19. The molecule has 23 heavy (non-hydrogen) atoms. The molecule has 0 radical (unpaired) electrons. The Labute approximate surface area is 140 Å². The Bertz CT molecular complexity index is 406. The van der Waals surface area contributed by atoms with Crippen LogP contribution >= 0.6 is 0 Å². The Morgan fingerprint density at radius 1 is 1.09 bits per heavy atom. The fraction of sp³-hybridized carbons (Fsp3) is 0.882. The second-order valence-corrected chi connectivity index (χ2v) is 8.14. The van der Waals surface area contributed by atoms with Crippen molar-refractivity contribution in [3.63, 3.8) is 0 Å². The highest BCUT2D eigenvalue weighted by Gasteiger charge is 2.30. The molecule has 0 aromatic rings. The summed E-state index contributed by atoms with van der Waals surface area (Å²) >= 11 is 0. The molecule has 6 heteroatoms. The first-order valence-electron chi connectivity index (χ1n) is 8.50. The Hall–Kier alpha value is -1.30. The Balaban J connectivity index is 2.30. The molecule has 0 atom stereocenters. The van der Waals surface area contributed by atoms with Crippen LogP contribution in [0, 0.1) is 0 Å². The molecule has 0 saturated heterocycles. The highest BCUT2D eigenvalue weighted by atomic mass is 16.6. The van der Waals surface area contributed by atoms with Gasteiger partial charge in [0.25, 0.3) is 0 Å². The zero-order valence-corrected chi connectivity index (χ0v) is 15.5. The van der Waals surface area contributed by atoms with Gasteiger partial charge >= 0.3 is 6.09 Å². The lowest BCUT2D eigenvalue weighted by Crippen LogP contribution is -2.50. The van der Waals surface area contributed by atoms with Crippen molar-refractivity contribution >= 4 is 12.0 Å². The molecule has 0 unspecified atom stereocenters. The molecular weight excluding hydrogens is 294 g/mol. The number of carbonyl (C=O) groups excluding carboxylic acids is 2. The van der Waals surface area contributed by atoms with E-state index in [0.29, 0.717) is 32.1 Å². The molecule has 2 N–H and O–H groups in total.